The van der Waals surface area contributed by atoms with Crippen molar-refractivity contribution in [3.05, 3.63) is 88.9 Å². The summed E-state index contributed by atoms with van der Waals surface area (Å²) in [6.45, 7) is 13.8. The van der Waals surface area contributed by atoms with Crippen LogP contribution in [-0.4, -0.2) is 4.98 Å². The number of hydrogen-bond donors (Lipinski definition) is 0. The molecular formula is C34H33NS2. The van der Waals surface area contributed by atoms with Gasteiger partial charge in [-0.2, -0.15) is 0 Å². The fourth-order valence-electron chi connectivity index (χ4n) is 5.49. The first-order valence-electron chi connectivity index (χ1n) is 13.1. The van der Waals surface area contributed by atoms with Crippen molar-refractivity contribution in [3.8, 4) is 21.7 Å². The minimum atomic E-state index is 0.0467. The minimum Gasteiger partial charge on any atom is -0.256 e. The zero-order valence-corrected chi connectivity index (χ0v) is 24.1. The Morgan fingerprint density at radius 3 is 2.35 bits per heavy atom. The largest absolute Gasteiger partial charge is 0.256 e. The Morgan fingerprint density at radius 1 is 0.784 bits per heavy atom. The summed E-state index contributed by atoms with van der Waals surface area (Å²) >= 11 is 3.80. The third-order valence-electron chi connectivity index (χ3n) is 7.28. The molecule has 186 valence electrons. The second-order valence-electron chi connectivity index (χ2n) is 11.6. The van der Waals surface area contributed by atoms with Crippen molar-refractivity contribution >= 4 is 53.6 Å². The summed E-state index contributed by atoms with van der Waals surface area (Å²) in [5.41, 5.74) is 6.50. The molecule has 0 aliphatic rings. The average Bonchev–Trinajstić information content (AvgIpc) is 3.43. The highest BCUT2D eigenvalue weighted by Gasteiger charge is 2.20. The quantitative estimate of drug-likeness (QED) is 0.226. The van der Waals surface area contributed by atoms with Gasteiger partial charge in [0.2, 0.25) is 0 Å². The fraction of sp³-hybridized carbons (Fsp3) is 0.265. The van der Waals surface area contributed by atoms with Crippen LogP contribution in [-0.2, 0) is 11.8 Å². The third kappa shape index (κ3) is 4.39. The number of rotatable bonds is 4. The highest BCUT2D eigenvalue weighted by Crippen LogP contribution is 2.42. The summed E-state index contributed by atoms with van der Waals surface area (Å²) in [5, 5.41) is 5.26. The first-order valence-corrected chi connectivity index (χ1v) is 14.8. The molecule has 3 aromatic carbocycles. The van der Waals surface area contributed by atoms with Gasteiger partial charge in [0.1, 0.15) is 0 Å². The van der Waals surface area contributed by atoms with E-state index in [0.29, 0.717) is 5.92 Å². The normalized spacial score (nSPS) is 12.4. The molecule has 0 N–H and O–H groups in total. The van der Waals surface area contributed by atoms with Crippen molar-refractivity contribution in [3.63, 3.8) is 0 Å². The van der Waals surface area contributed by atoms with Gasteiger partial charge < -0.3 is 0 Å². The van der Waals surface area contributed by atoms with Crippen molar-refractivity contribution in [1.82, 2.24) is 4.98 Å². The van der Waals surface area contributed by atoms with Gasteiger partial charge in [-0.25, -0.2) is 0 Å². The van der Waals surface area contributed by atoms with Gasteiger partial charge >= 0.3 is 0 Å². The van der Waals surface area contributed by atoms with Crippen molar-refractivity contribution in [2.45, 2.75) is 53.4 Å². The lowest BCUT2D eigenvalue weighted by Crippen LogP contribution is -2.12. The molecule has 3 heteroatoms. The predicted octanol–water partition coefficient (Wildman–Crippen LogP) is 10.8. The lowest BCUT2D eigenvalue weighted by molar-refractivity contribution is 0.596. The number of thiophene rings is 2. The number of aryl methyl sites for hydroxylation is 1. The Morgan fingerprint density at radius 2 is 1.57 bits per heavy atom. The molecule has 0 aliphatic heterocycles. The molecule has 1 nitrogen and oxygen atoms in total. The van der Waals surface area contributed by atoms with Crippen molar-refractivity contribution in [2.75, 3.05) is 0 Å². The topological polar surface area (TPSA) is 12.9 Å². The Balaban J connectivity index is 1.51. The third-order valence-corrected chi connectivity index (χ3v) is 9.56. The number of pyridine rings is 1. The van der Waals surface area contributed by atoms with Crippen LogP contribution in [0, 0.1) is 12.8 Å². The van der Waals surface area contributed by atoms with Gasteiger partial charge in [-0.15, -0.1) is 22.7 Å². The Kier molecular flexibility index (Phi) is 5.97. The smallest absolute Gasteiger partial charge is 0.0789 e. The molecule has 0 radical (unpaired) electrons. The van der Waals surface area contributed by atoms with Gasteiger partial charge in [-0.3, -0.25) is 4.98 Å². The van der Waals surface area contributed by atoms with Crippen LogP contribution >= 0.6 is 22.7 Å². The van der Waals surface area contributed by atoms with Crippen molar-refractivity contribution < 1.29 is 0 Å². The van der Waals surface area contributed by atoms with Crippen LogP contribution in [0.4, 0.5) is 0 Å². The van der Waals surface area contributed by atoms with E-state index in [9.17, 15) is 0 Å². The Labute approximate surface area is 227 Å². The lowest BCUT2D eigenvalue weighted by Gasteiger charge is -2.22. The molecule has 37 heavy (non-hydrogen) atoms. The van der Waals surface area contributed by atoms with E-state index in [-0.39, 0.29) is 5.41 Å². The second-order valence-corrected chi connectivity index (χ2v) is 14.0. The summed E-state index contributed by atoms with van der Waals surface area (Å²) < 4.78 is 2.68. The molecule has 0 saturated heterocycles. The van der Waals surface area contributed by atoms with Gasteiger partial charge in [0.05, 0.1) is 5.69 Å². The van der Waals surface area contributed by atoms with Crippen LogP contribution in [0.2, 0.25) is 0 Å². The molecule has 0 amide bonds. The number of benzene rings is 3. The average molecular weight is 520 g/mol. The summed E-state index contributed by atoms with van der Waals surface area (Å²) in [6.07, 6.45) is 3.10. The monoisotopic (exact) mass is 519 g/mol. The van der Waals surface area contributed by atoms with Gasteiger partial charge in [0, 0.05) is 36.3 Å². The van der Waals surface area contributed by atoms with Gasteiger partial charge in [0.25, 0.3) is 0 Å². The van der Waals surface area contributed by atoms with E-state index >= 15 is 0 Å². The molecule has 0 spiro atoms. The predicted molar refractivity (Wildman–Crippen MR) is 165 cm³/mol. The zero-order valence-electron chi connectivity index (χ0n) is 22.5. The molecule has 0 unspecified atom stereocenters. The van der Waals surface area contributed by atoms with Crippen LogP contribution < -0.4 is 0 Å². The molecule has 6 rings (SSSR count). The maximum absolute atomic E-state index is 4.92. The molecule has 6 aromatic rings. The SMILES string of the molecule is Cc1sc2ccc(-c3cc4c(-c5cc(C(C)(C)C)c6ccccc6c5)nccc4s3)cc2c1CC(C)C. The Hall–Kier alpha value is -3.01. The molecule has 0 saturated carbocycles. The van der Waals surface area contributed by atoms with Crippen molar-refractivity contribution in [2.24, 2.45) is 5.92 Å². The molecule has 0 bridgehead atoms. The summed E-state index contributed by atoms with van der Waals surface area (Å²) in [4.78, 5) is 7.68. The molecule has 3 heterocycles. The number of nitrogens with zero attached hydrogens (tertiary/aromatic N) is 1. The minimum absolute atomic E-state index is 0.0467. The summed E-state index contributed by atoms with van der Waals surface area (Å²) in [5.74, 6) is 0.651. The number of fused-ring (bicyclic) bond motifs is 3. The molecule has 0 atom stereocenters. The number of aromatic nitrogens is 1. The molecule has 3 aromatic heterocycles. The van der Waals surface area contributed by atoms with E-state index in [1.54, 1.807) is 0 Å². The van der Waals surface area contributed by atoms with Crippen LogP contribution in [0.5, 0.6) is 0 Å². The first-order chi connectivity index (χ1) is 17.7. The standard InChI is InChI=1S/C34H33NS2/c1-20(2)15-26-21(3)36-30-12-11-23(17-27(26)30)32-19-28-31(37-32)13-14-35-33(28)24-16-22-9-7-8-10-25(22)29(18-24)34(4,5)6/h7-14,16-20H,15H2,1-6H3. The van der Waals surface area contributed by atoms with Crippen LogP contribution in [0.3, 0.4) is 0 Å². The highest BCUT2D eigenvalue weighted by molar-refractivity contribution is 7.22. The van der Waals surface area contributed by atoms with Crippen LogP contribution in [0.1, 0.15) is 50.6 Å². The maximum Gasteiger partial charge on any atom is 0.0789 e. The van der Waals surface area contributed by atoms with Crippen LogP contribution in [0.15, 0.2) is 72.9 Å². The highest BCUT2D eigenvalue weighted by atomic mass is 32.1. The summed E-state index contributed by atoms with van der Waals surface area (Å²) in [7, 11) is 0. The van der Waals surface area contributed by atoms with Gasteiger partial charge in [-0.1, -0.05) is 65.0 Å². The zero-order chi connectivity index (χ0) is 25.9. The first kappa shape index (κ1) is 24.3. The lowest BCUT2D eigenvalue weighted by atomic mass is 9.82. The van der Waals surface area contributed by atoms with E-state index < -0.39 is 0 Å². The van der Waals surface area contributed by atoms with E-state index in [4.69, 9.17) is 4.98 Å². The van der Waals surface area contributed by atoms with E-state index in [0.717, 1.165) is 12.1 Å². The summed E-state index contributed by atoms with van der Waals surface area (Å²) in [6, 6.07) is 25.0. The van der Waals surface area contributed by atoms with E-state index in [1.807, 2.05) is 28.9 Å². The molecule has 0 fully saturated rings. The van der Waals surface area contributed by atoms with Crippen LogP contribution in [0.25, 0.3) is 52.6 Å². The molecular weight excluding hydrogens is 487 g/mol. The van der Waals surface area contributed by atoms with Crippen molar-refractivity contribution in [1.29, 1.82) is 0 Å². The second kappa shape index (κ2) is 9.08. The van der Waals surface area contributed by atoms with Gasteiger partial charge in [0.15, 0.2) is 0 Å². The Bertz CT molecular complexity index is 1780. The molecule has 0 aliphatic carbocycles. The fourth-order valence-corrected chi connectivity index (χ4v) is 7.62. The van der Waals surface area contributed by atoms with E-state index in [1.165, 1.54) is 63.0 Å². The maximum atomic E-state index is 4.92. The van der Waals surface area contributed by atoms with Gasteiger partial charge in [-0.05, 0) is 93.9 Å². The van der Waals surface area contributed by atoms with E-state index in [2.05, 4.69) is 108 Å². The number of hydrogen-bond acceptors (Lipinski definition) is 3.